The van der Waals surface area contributed by atoms with Crippen molar-refractivity contribution in [1.29, 1.82) is 0 Å². The Labute approximate surface area is 215 Å². The van der Waals surface area contributed by atoms with Crippen LogP contribution >= 0.6 is 0 Å². The average Bonchev–Trinajstić information content (AvgIpc) is 2.93. The van der Waals surface area contributed by atoms with Crippen LogP contribution in [0.2, 0.25) is 5.32 Å². The Morgan fingerprint density at radius 1 is 0.771 bits per heavy atom. The second-order valence-electron chi connectivity index (χ2n) is 7.94. The van der Waals surface area contributed by atoms with Crippen LogP contribution < -0.4 is 9.20 Å². The molecule has 35 heavy (non-hydrogen) atoms. The summed E-state index contributed by atoms with van der Waals surface area (Å²) >= 11 is 0.427. The summed E-state index contributed by atoms with van der Waals surface area (Å²) in [4.78, 5) is 0. The van der Waals surface area contributed by atoms with Gasteiger partial charge in [-0.15, -0.1) is 0 Å². The van der Waals surface area contributed by atoms with E-state index in [1.165, 1.54) is 10.0 Å². The van der Waals surface area contributed by atoms with Gasteiger partial charge in [-0.3, -0.25) is 0 Å². The Hall–Kier alpha value is -3.76. The van der Waals surface area contributed by atoms with E-state index < -0.39 is 0 Å². The summed E-state index contributed by atoms with van der Waals surface area (Å²) in [5.74, 6) is 7.67. The van der Waals surface area contributed by atoms with E-state index >= 15 is 0 Å². The van der Waals surface area contributed by atoms with Crippen LogP contribution in [-0.2, 0) is 0 Å². The first-order chi connectivity index (χ1) is 17.3. The molecule has 0 aliphatic carbocycles. The molecule has 0 saturated heterocycles. The first-order valence-electron chi connectivity index (χ1n) is 11.7. The summed E-state index contributed by atoms with van der Waals surface area (Å²) in [6, 6.07) is 39.6. The minimum atomic E-state index is 0.427. The van der Waals surface area contributed by atoms with E-state index in [9.17, 15) is 0 Å². The Bertz CT molecular complexity index is 1310. The monoisotopic (exact) mass is 520 g/mol. The zero-order valence-electron chi connectivity index (χ0n) is 19.9. The molecule has 0 heterocycles. The molecule has 0 bridgehead atoms. The van der Waals surface area contributed by atoms with Gasteiger partial charge in [0.25, 0.3) is 0 Å². The zero-order valence-corrected chi connectivity index (χ0v) is 21.6. The summed E-state index contributed by atoms with van der Waals surface area (Å²) in [5.41, 5.74) is 5.61. The van der Waals surface area contributed by atoms with Gasteiger partial charge in [-0.1, -0.05) is 0 Å². The number of hydrogen-bond acceptors (Lipinski definition) is 1. The minimum absolute atomic E-state index is 0.427. The van der Waals surface area contributed by atoms with Crippen LogP contribution in [0.25, 0.3) is 11.6 Å². The molecule has 0 spiro atoms. The van der Waals surface area contributed by atoms with Crippen molar-refractivity contribution >= 4 is 31.1 Å². The maximum atomic E-state index is 5.34. The molecule has 0 N–H and O–H groups in total. The van der Waals surface area contributed by atoms with Crippen molar-refractivity contribution in [1.82, 2.24) is 0 Å². The Balaban J connectivity index is 1.67. The van der Waals surface area contributed by atoms with Crippen molar-refractivity contribution in [2.24, 2.45) is 0 Å². The number of ether oxygens (including phenoxy) is 1. The van der Waals surface area contributed by atoms with Gasteiger partial charge in [-0.25, -0.2) is 0 Å². The molecule has 0 radical (unpaired) electrons. The summed E-state index contributed by atoms with van der Waals surface area (Å²) in [6.45, 7) is 0. The van der Waals surface area contributed by atoms with E-state index in [1.807, 2.05) is 48.5 Å². The van der Waals surface area contributed by atoms with Gasteiger partial charge in [-0.05, 0) is 0 Å². The predicted octanol–water partition coefficient (Wildman–Crippen LogP) is 7.05. The van der Waals surface area contributed by atoms with Crippen LogP contribution in [-0.4, -0.2) is 22.1 Å². The Kier molecular flexibility index (Phi) is 9.20. The first kappa shape index (κ1) is 24.4. The van der Waals surface area contributed by atoms with Gasteiger partial charge in [0.2, 0.25) is 0 Å². The zero-order chi connectivity index (χ0) is 24.1. The molecule has 2 heteroatoms. The van der Waals surface area contributed by atoms with Crippen LogP contribution in [0.5, 0.6) is 5.75 Å². The molecule has 0 saturated carbocycles. The standard InChI is InChI=1S/C33H28OSe/c1-34-32-21-18-28(19-22-32)25-29(23-24-35-33-15-9-4-10-16-33)26-31(30-13-7-3-8-14-30)20-17-27-11-5-2-6-12-27/h2-16,18-19,21-22,25-26H,23-24H2,1H3/b29-25+,31-26-. The van der Waals surface area contributed by atoms with Crippen molar-refractivity contribution in [2.75, 3.05) is 7.11 Å². The molecule has 0 atom stereocenters. The van der Waals surface area contributed by atoms with Crippen LogP contribution in [0.15, 0.2) is 127 Å². The molecular formula is C33H28OSe. The maximum absolute atomic E-state index is 5.34. The fraction of sp³-hybridized carbons (Fsp3) is 0.0909. The Morgan fingerprint density at radius 3 is 2.06 bits per heavy atom. The molecule has 0 aliphatic rings. The van der Waals surface area contributed by atoms with E-state index in [1.54, 1.807) is 7.11 Å². The molecular weight excluding hydrogens is 491 g/mol. The summed E-state index contributed by atoms with van der Waals surface area (Å²) < 4.78 is 6.77. The second kappa shape index (κ2) is 13.2. The third-order valence-corrected chi connectivity index (χ3v) is 7.53. The van der Waals surface area contributed by atoms with E-state index in [0.29, 0.717) is 15.0 Å². The van der Waals surface area contributed by atoms with E-state index in [4.69, 9.17) is 4.74 Å². The number of allylic oxidation sites excluding steroid dienone is 3. The molecule has 0 amide bonds. The van der Waals surface area contributed by atoms with Gasteiger partial charge in [0.15, 0.2) is 0 Å². The topological polar surface area (TPSA) is 9.23 Å². The van der Waals surface area contributed by atoms with Crippen LogP contribution in [0.1, 0.15) is 23.1 Å². The van der Waals surface area contributed by atoms with Gasteiger partial charge >= 0.3 is 216 Å². The number of methoxy groups -OCH3 is 1. The third-order valence-electron chi connectivity index (χ3n) is 5.40. The normalized spacial score (nSPS) is 11.5. The van der Waals surface area contributed by atoms with E-state index in [2.05, 4.69) is 90.7 Å². The van der Waals surface area contributed by atoms with Crippen molar-refractivity contribution in [3.8, 4) is 17.6 Å². The van der Waals surface area contributed by atoms with Gasteiger partial charge in [0, 0.05) is 0 Å². The van der Waals surface area contributed by atoms with Gasteiger partial charge in [-0.2, -0.15) is 0 Å². The van der Waals surface area contributed by atoms with Crippen LogP contribution in [0, 0.1) is 11.8 Å². The second-order valence-corrected chi connectivity index (χ2v) is 10.4. The van der Waals surface area contributed by atoms with Crippen molar-refractivity contribution < 1.29 is 4.74 Å². The van der Waals surface area contributed by atoms with Gasteiger partial charge in [0.05, 0.1) is 0 Å². The summed E-state index contributed by atoms with van der Waals surface area (Å²) in [6.07, 6.45) is 5.52. The molecule has 0 aliphatic heterocycles. The van der Waals surface area contributed by atoms with Crippen molar-refractivity contribution in [2.45, 2.75) is 11.7 Å². The molecule has 4 rings (SSSR count). The first-order valence-corrected chi connectivity index (χ1v) is 13.7. The molecule has 4 aromatic carbocycles. The molecule has 0 aromatic heterocycles. The molecule has 4 aromatic rings. The fourth-order valence-corrected chi connectivity index (χ4v) is 5.50. The average molecular weight is 520 g/mol. The number of benzene rings is 4. The molecule has 1 nitrogen and oxygen atoms in total. The van der Waals surface area contributed by atoms with Crippen molar-refractivity contribution in [3.63, 3.8) is 0 Å². The van der Waals surface area contributed by atoms with Gasteiger partial charge in [0.1, 0.15) is 0 Å². The Morgan fingerprint density at radius 2 is 1.40 bits per heavy atom. The third kappa shape index (κ3) is 7.90. The molecule has 172 valence electrons. The quantitative estimate of drug-likeness (QED) is 0.138. The van der Waals surface area contributed by atoms with Crippen LogP contribution in [0.4, 0.5) is 0 Å². The SMILES string of the molecule is COc1ccc(/C=C(/C=C(/C#Cc2ccccc2)c2ccccc2)CC[Se]c2ccccc2)cc1. The van der Waals surface area contributed by atoms with Gasteiger partial charge < -0.3 is 0 Å². The molecule has 0 fully saturated rings. The number of hydrogen-bond donors (Lipinski definition) is 0. The number of rotatable bonds is 8. The summed E-state index contributed by atoms with van der Waals surface area (Å²) in [7, 11) is 1.70. The van der Waals surface area contributed by atoms with E-state index in [-0.39, 0.29) is 0 Å². The predicted molar refractivity (Wildman–Crippen MR) is 150 cm³/mol. The fourth-order valence-electron chi connectivity index (χ4n) is 3.56. The molecule has 0 unspecified atom stereocenters. The van der Waals surface area contributed by atoms with Crippen LogP contribution in [0.3, 0.4) is 0 Å². The van der Waals surface area contributed by atoms with E-state index in [0.717, 1.165) is 39.8 Å². The summed E-state index contributed by atoms with van der Waals surface area (Å²) in [5, 5.41) is 1.13. The van der Waals surface area contributed by atoms with Crippen molar-refractivity contribution in [3.05, 3.63) is 144 Å².